The third kappa shape index (κ3) is 3.60. The van der Waals surface area contributed by atoms with E-state index in [4.69, 9.17) is 5.73 Å². The van der Waals surface area contributed by atoms with Crippen LogP contribution in [0.2, 0.25) is 0 Å². The normalized spacial score (nSPS) is 12.2. The average Bonchev–Trinajstić information content (AvgIpc) is 2.47. The summed E-state index contributed by atoms with van der Waals surface area (Å²) in [5.41, 5.74) is 7.04. The molecule has 2 nitrogen and oxygen atoms in total. The smallest absolute Gasteiger partial charge is 0.128 e. The number of hydrogen-bond acceptors (Lipinski definition) is 2. The van der Waals surface area contributed by atoms with Crippen LogP contribution in [0.3, 0.4) is 0 Å². The molecule has 0 fully saturated rings. The lowest BCUT2D eigenvalue weighted by Gasteiger charge is -2.32. The lowest BCUT2D eigenvalue weighted by atomic mass is 10.0. The van der Waals surface area contributed by atoms with Crippen molar-refractivity contribution in [1.82, 2.24) is 0 Å². The first kappa shape index (κ1) is 15.9. The molecular formula is C16H17BrF2N2. The Kier molecular flexibility index (Phi) is 5.31. The Labute approximate surface area is 131 Å². The van der Waals surface area contributed by atoms with Crippen LogP contribution in [-0.4, -0.2) is 13.1 Å². The number of nitrogens with zero attached hydrogens (tertiary/aromatic N) is 1. The lowest BCUT2D eigenvalue weighted by molar-refractivity contribution is 0.560. The molecule has 1 unspecified atom stereocenters. The highest BCUT2D eigenvalue weighted by Crippen LogP contribution is 2.30. The fourth-order valence-corrected chi connectivity index (χ4v) is 2.81. The van der Waals surface area contributed by atoms with Crippen molar-refractivity contribution in [3.8, 4) is 0 Å². The molecule has 0 aliphatic carbocycles. The summed E-state index contributed by atoms with van der Waals surface area (Å²) in [6.07, 6.45) is 0. The van der Waals surface area contributed by atoms with Crippen LogP contribution >= 0.6 is 15.9 Å². The van der Waals surface area contributed by atoms with E-state index >= 15 is 0 Å². The molecule has 0 aliphatic heterocycles. The van der Waals surface area contributed by atoms with Gasteiger partial charge in [0.15, 0.2) is 0 Å². The minimum Gasteiger partial charge on any atom is -0.363 e. The maximum atomic E-state index is 14.1. The first-order chi connectivity index (χ1) is 10.1. The SMILES string of the molecule is CCN(c1cccc(F)c1)C(CN)c1cc(Br)ccc1F. The van der Waals surface area contributed by atoms with Crippen LogP contribution in [0.4, 0.5) is 14.5 Å². The molecule has 0 aliphatic rings. The fraction of sp³-hybridized carbons (Fsp3) is 0.250. The molecule has 21 heavy (non-hydrogen) atoms. The Hall–Kier alpha value is -1.46. The molecule has 0 spiro atoms. The van der Waals surface area contributed by atoms with Crippen LogP contribution in [0, 0.1) is 11.6 Å². The molecule has 2 N–H and O–H groups in total. The molecule has 2 aromatic carbocycles. The Morgan fingerprint density at radius 2 is 1.95 bits per heavy atom. The van der Waals surface area contributed by atoms with E-state index < -0.39 is 0 Å². The number of anilines is 1. The van der Waals surface area contributed by atoms with E-state index in [0.717, 1.165) is 4.47 Å². The lowest BCUT2D eigenvalue weighted by Crippen LogP contribution is -2.34. The largest absolute Gasteiger partial charge is 0.363 e. The highest BCUT2D eigenvalue weighted by molar-refractivity contribution is 9.10. The summed E-state index contributed by atoms with van der Waals surface area (Å²) in [5.74, 6) is -0.639. The molecule has 1 atom stereocenters. The second-order valence-corrected chi connectivity index (χ2v) is 5.60. The van der Waals surface area contributed by atoms with Crippen molar-refractivity contribution in [2.24, 2.45) is 5.73 Å². The maximum Gasteiger partial charge on any atom is 0.128 e. The van der Waals surface area contributed by atoms with Crippen LogP contribution in [0.1, 0.15) is 18.5 Å². The molecule has 0 aromatic heterocycles. The van der Waals surface area contributed by atoms with Crippen molar-refractivity contribution in [3.05, 3.63) is 64.1 Å². The summed E-state index contributed by atoms with van der Waals surface area (Å²) in [4.78, 5) is 1.90. The van der Waals surface area contributed by atoms with Crippen LogP contribution < -0.4 is 10.6 Å². The Balaban J connectivity index is 2.44. The number of hydrogen-bond donors (Lipinski definition) is 1. The zero-order valence-electron chi connectivity index (χ0n) is 11.7. The van der Waals surface area contributed by atoms with Gasteiger partial charge in [-0.05, 0) is 43.3 Å². The van der Waals surface area contributed by atoms with E-state index in [1.807, 2.05) is 11.8 Å². The topological polar surface area (TPSA) is 29.3 Å². The molecule has 112 valence electrons. The molecule has 2 aromatic rings. The van der Waals surface area contributed by atoms with Gasteiger partial charge in [-0.1, -0.05) is 22.0 Å². The predicted molar refractivity (Wildman–Crippen MR) is 85.3 cm³/mol. The fourth-order valence-electron chi connectivity index (χ4n) is 2.43. The average molecular weight is 355 g/mol. The Morgan fingerprint density at radius 1 is 1.19 bits per heavy atom. The molecule has 0 saturated heterocycles. The van der Waals surface area contributed by atoms with Gasteiger partial charge in [-0.2, -0.15) is 0 Å². The quantitative estimate of drug-likeness (QED) is 0.869. The predicted octanol–water partition coefficient (Wildman–Crippen LogP) is 4.25. The highest BCUT2D eigenvalue weighted by Gasteiger charge is 2.22. The van der Waals surface area contributed by atoms with Gasteiger partial charge in [-0.15, -0.1) is 0 Å². The van der Waals surface area contributed by atoms with E-state index in [0.29, 0.717) is 17.8 Å². The van der Waals surface area contributed by atoms with Crippen LogP contribution in [0.25, 0.3) is 0 Å². The van der Waals surface area contributed by atoms with Gasteiger partial charge >= 0.3 is 0 Å². The third-order valence-corrected chi connectivity index (χ3v) is 3.89. The molecule has 0 heterocycles. The van der Waals surface area contributed by atoms with Crippen molar-refractivity contribution in [2.75, 3.05) is 18.0 Å². The molecular weight excluding hydrogens is 338 g/mol. The van der Waals surface area contributed by atoms with Crippen molar-refractivity contribution in [2.45, 2.75) is 13.0 Å². The summed E-state index contributed by atoms with van der Waals surface area (Å²) in [5, 5.41) is 0. The summed E-state index contributed by atoms with van der Waals surface area (Å²) >= 11 is 3.35. The van der Waals surface area contributed by atoms with E-state index in [9.17, 15) is 8.78 Å². The second kappa shape index (κ2) is 7.00. The van der Waals surface area contributed by atoms with Crippen molar-refractivity contribution < 1.29 is 8.78 Å². The summed E-state index contributed by atoms with van der Waals surface area (Å²) in [6, 6.07) is 10.7. The van der Waals surface area contributed by atoms with Crippen LogP contribution in [0.5, 0.6) is 0 Å². The van der Waals surface area contributed by atoms with E-state index in [1.54, 1.807) is 24.3 Å². The van der Waals surface area contributed by atoms with Gasteiger partial charge in [-0.3, -0.25) is 0 Å². The molecule has 0 saturated carbocycles. The van der Waals surface area contributed by atoms with Crippen molar-refractivity contribution in [1.29, 1.82) is 0 Å². The van der Waals surface area contributed by atoms with E-state index in [1.165, 1.54) is 18.2 Å². The minimum atomic E-state index is -0.353. The number of nitrogens with two attached hydrogens (primary N) is 1. The first-order valence-corrected chi connectivity index (χ1v) is 7.53. The number of benzene rings is 2. The third-order valence-electron chi connectivity index (χ3n) is 3.40. The standard InChI is InChI=1S/C16H17BrF2N2/c1-2-21(13-5-3-4-12(18)9-13)16(10-20)14-8-11(17)6-7-15(14)19/h3-9,16H,2,10,20H2,1H3. The second-order valence-electron chi connectivity index (χ2n) is 4.68. The molecule has 0 radical (unpaired) electrons. The summed E-state index contributed by atoms with van der Waals surface area (Å²) in [7, 11) is 0. The molecule has 5 heteroatoms. The molecule has 2 rings (SSSR count). The number of halogens is 3. The van der Waals surface area contributed by atoms with Crippen LogP contribution in [-0.2, 0) is 0 Å². The monoisotopic (exact) mass is 354 g/mol. The van der Waals surface area contributed by atoms with Gasteiger partial charge in [-0.25, -0.2) is 8.78 Å². The first-order valence-electron chi connectivity index (χ1n) is 6.74. The summed E-state index contributed by atoms with van der Waals surface area (Å²) in [6.45, 7) is 2.76. The zero-order chi connectivity index (χ0) is 15.4. The maximum absolute atomic E-state index is 14.1. The van der Waals surface area contributed by atoms with Gasteiger partial charge in [0.25, 0.3) is 0 Å². The number of likely N-dealkylation sites (N-methyl/N-ethyl adjacent to an activating group) is 1. The zero-order valence-corrected chi connectivity index (χ0v) is 13.3. The number of rotatable bonds is 5. The van der Waals surface area contributed by atoms with Crippen molar-refractivity contribution in [3.63, 3.8) is 0 Å². The van der Waals surface area contributed by atoms with Gasteiger partial charge in [0.1, 0.15) is 11.6 Å². The molecule has 0 amide bonds. The van der Waals surface area contributed by atoms with Crippen LogP contribution in [0.15, 0.2) is 46.9 Å². The van der Waals surface area contributed by atoms with Gasteiger partial charge in [0.2, 0.25) is 0 Å². The highest BCUT2D eigenvalue weighted by atomic mass is 79.9. The van der Waals surface area contributed by atoms with Gasteiger partial charge in [0.05, 0.1) is 6.04 Å². The van der Waals surface area contributed by atoms with E-state index in [-0.39, 0.29) is 24.2 Å². The summed E-state index contributed by atoms with van der Waals surface area (Å²) < 4.78 is 28.3. The van der Waals surface area contributed by atoms with Gasteiger partial charge < -0.3 is 10.6 Å². The van der Waals surface area contributed by atoms with Crippen molar-refractivity contribution >= 4 is 21.6 Å². The minimum absolute atomic E-state index is 0.234. The Bertz CT molecular complexity index is 619. The Morgan fingerprint density at radius 3 is 2.57 bits per heavy atom. The van der Waals surface area contributed by atoms with E-state index in [2.05, 4.69) is 15.9 Å². The molecule has 0 bridgehead atoms. The van der Waals surface area contributed by atoms with Gasteiger partial charge in [0, 0.05) is 28.8 Å².